The second-order valence-corrected chi connectivity index (χ2v) is 7.99. The molecule has 4 rings (SSSR count). The molecular formula is C19H20N6O2S. The Labute approximate surface area is 165 Å². The summed E-state index contributed by atoms with van der Waals surface area (Å²) in [5.41, 5.74) is 3.25. The van der Waals surface area contributed by atoms with Crippen LogP contribution >= 0.6 is 11.3 Å². The molecule has 0 spiro atoms. The highest BCUT2D eigenvalue weighted by atomic mass is 32.1. The molecule has 1 amide bonds. The third-order valence-electron chi connectivity index (χ3n) is 4.53. The first-order chi connectivity index (χ1) is 13.3. The molecule has 3 heterocycles. The molecule has 8 nitrogen and oxygen atoms in total. The van der Waals surface area contributed by atoms with Gasteiger partial charge in [0.15, 0.2) is 0 Å². The third kappa shape index (κ3) is 3.13. The number of carbonyl (C=O) groups is 1. The highest BCUT2D eigenvalue weighted by molar-refractivity contribution is 7.16. The van der Waals surface area contributed by atoms with Crippen LogP contribution in [0.25, 0.3) is 16.0 Å². The molecule has 144 valence electrons. The van der Waals surface area contributed by atoms with E-state index in [1.165, 1.54) is 15.9 Å². The number of fused-ring (bicyclic) bond motifs is 2. The number of carbonyl (C=O) groups excluding carboxylic acids is 1. The van der Waals surface area contributed by atoms with Gasteiger partial charge in [0.25, 0.3) is 5.56 Å². The number of nitrogens with zero attached hydrogens (tertiary/aromatic N) is 5. The summed E-state index contributed by atoms with van der Waals surface area (Å²) < 4.78 is 2.99. The van der Waals surface area contributed by atoms with Crippen molar-refractivity contribution in [3.63, 3.8) is 0 Å². The van der Waals surface area contributed by atoms with Crippen LogP contribution in [0.5, 0.6) is 0 Å². The van der Waals surface area contributed by atoms with Gasteiger partial charge in [-0.05, 0) is 44.2 Å². The number of hydrogen-bond acceptors (Lipinski definition) is 6. The van der Waals surface area contributed by atoms with Crippen molar-refractivity contribution in [2.45, 2.75) is 20.4 Å². The van der Waals surface area contributed by atoms with E-state index in [4.69, 9.17) is 0 Å². The molecule has 0 aliphatic heterocycles. The Kier molecular flexibility index (Phi) is 4.38. The van der Waals surface area contributed by atoms with Gasteiger partial charge >= 0.3 is 0 Å². The Hall–Kier alpha value is -3.20. The van der Waals surface area contributed by atoms with E-state index in [1.807, 2.05) is 63.2 Å². The maximum atomic E-state index is 12.9. The van der Waals surface area contributed by atoms with Crippen molar-refractivity contribution >= 4 is 44.6 Å². The minimum absolute atomic E-state index is 0.0247. The molecule has 0 unspecified atom stereocenters. The minimum atomic E-state index is -0.263. The summed E-state index contributed by atoms with van der Waals surface area (Å²) >= 11 is 1.36. The zero-order chi connectivity index (χ0) is 20.0. The van der Waals surface area contributed by atoms with Crippen LogP contribution in [0.2, 0.25) is 0 Å². The summed E-state index contributed by atoms with van der Waals surface area (Å²) in [6.45, 7) is 3.71. The standard InChI is InChI=1S/C19H20N6O2S/c1-11-9-15-17(18(27)25-19(21-15)28-12(2)22-25)24(11)10-16(26)20-13-5-7-14(8-6-13)23(3)4/h5-9H,10H2,1-4H3,(H,20,26). The van der Waals surface area contributed by atoms with Gasteiger partial charge in [-0.1, -0.05) is 11.3 Å². The molecule has 0 aliphatic rings. The number of benzene rings is 1. The second-order valence-electron chi connectivity index (χ2n) is 6.83. The SMILES string of the molecule is Cc1nn2c(=O)c3c(cc(C)n3CC(=O)Nc3ccc(N(C)C)cc3)nc2s1. The summed E-state index contributed by atoms with van der Waals surface area (Å²) in [5, 5.41) is 7.87. The molecule has 0 saturated carbocycles. The molecule has 1 aromatic carbocycles. The first-order valence-corrected chi connectivity index (χ1v) is 9.58. The molecule has 4 aromatic rings. The summed E-state index contributed by atoms with van der Waals surface area (Å²) in [6.07, 6.45) is 0. The summed E-state index contributed by atoms with van der Waals surface area (Å²) in [6, 6.07) is 9.40. The Bertz CT molecular complexity index is 1250. The molecule has 0 atom stereocenters. The van der Waals surface area contributed by atoms with Crippen molar-refractivity contribution in [2.75, 3.05) is 24.3 Å². The average Bonchev–Trinajstić information content (AvgIpc) is 3.15. The van der Waals surface area contributed by atoms with Crippen LogP contribution < -0.4 is 15.8 Å². The van der Waals surface area contributed by atoms with E-state index in [2.05, 4.69) is 15.4 Å². The van der Waals surface area contributed by atoms with Crippen molar-refractivity contribution in [3.8, 4) is 0 Å². The molecule has 0 bridgehead atoms. The monoisotopic (exact) mass is 396 g/mol. The van der Waals surface area contributed by atoms with Crippen LogP contribution in [0.15, 0.2) is 35.1 Å². The first kappa shape index (κ1) is 18.2. The lowest BCUT2D eigenvalue weighted by Crippen LogP contribution is -2.23. The van der Waals surface area contributed by atoms with E-state index in [0.717, 1.165) is 16.4 Å². The largest absolute Gasteiger partial charge is 0.378 e. The van der Waals surface area contributed by atoms with E-state index >= 15 is 0 Å². The lowest BCUT2D eigenvalue weighted by molar-refractivity contribution is -0.116. The maximum absolute atomic E-state index is 12.9. The number of aryl methyl sites for hydroxylation is 2. The quantitative estimate of drug-likeness (QED) is 0.573. The summed E-state index contributed by atoms with van der Waals surface area (Å²) in [7, 11) is 3.92. The van der Waals surface area contributed by atoms with Gasteiger partial charge in [0.1, 0.15) is 17.1 Å². The molecule has 1 N–H and O–H groups in total. The first-order valence-electron chi connectivity index (χ1n) is 8.77. The Balaban J connectivity index is 1.65. The van der Waals surface area contributed by atoms with Gasteiger partial charge in [0.05, 0.1) is 5.52 Å². The fraction of sp³-hybridized carbons (Fsp3) is 0.263. The van der Waals surface area contributed by atoms with E-state index in [0.29, 0.717) is 21.7 Å². The van der Waals surface area contributed by atoms with E-state index < -0.39 is 0 Å². The predicted molar refractivity (Wildman–Crippen MR) is 112 cm³/mol. The zero-order valence-electron chi connectivity index (χ0n) is 16.1. The van der Waals surface area contributed by atoms with Crippen LogP contribution in [0.1, 0.15) is 10.7 Å². The normalized spacial score (nSPS) is 11.3. The zero-order valence-corrected chi connectivity index (χ0v) is 16.9. The van der Waals surface area contributed by atoms with E-state index in [-0.39, 0.29) is 18.0 Å². The number of aromatic nitrogens is 4. The Morgan fingerprint density at radius 3 is 2.61 bits per heavy atom. The van der Waals surface area contributed by atoms with Gasteiger partial charge < -0.3 is 14.8 Å². The molecule has 3 aromatic heterocycles. The second kappa shape index (κ2) is 6.75. The van der Waals surface area contributed by atoms with Gasteiger partial charge in [0.2, 0.25) is 10.9 Å². The average molecular weight is 396 g/mol. The topological polar surface area (TPSA) is 84.5 Å². The van der Waals surface area contributed by atoms with Crippen molar-refractivity contribution in [3.05, 3.63) is 51.4 Å². The number of hydrogen-bond donors (Lipinski definition) is 1. The smallest absolute Gasteiger partial charge is 0.299 e. The summed E-state index contributed by atoms with van der Waals surface area (Å²) in [5.74, 6) is -0.211. The summed E-state index contributed by atoms with van der Waals surface area (Å²) in [4.78, 5) is 32.5. The Morgan fingerprint density at radius 1 is 1.21 bits per heavy atom. The molecule has 28 heavy (non-hydrogen) atoms. The molecule has 0 aliphatic carbocycles. The lowest BCUT2D eigenvalue weighted by atomic mass is 10.2. The lowest BCUT2D eigenvalue weighted by Gasteiger charge is -2.13. The molecule has 0 fully saturated rings. The van der Waals surface area contributed by atoms with Crippen molar-refractivity contribution < 1.29 is 4.79 Å². The number of amides is 1. The predicted octanol–water partition coefficient (Wildman–Crippen LogP) is 2.43. The number of anilines is 2. The van der Waals surface area contributed by atoms with Gasteiger partial charge in [-0.25, -0.2) is 4.98 Å². The van der Waals surface area contributed by atoms with Gasteiger partial charge in [-0.2, -0.15) is 9.61 Å². The van der Waals surface area contributed by atoms with Crippen LogP contribution in [-0.4, -0.2) is 39.2 Å². The molecule has 0 saturated heterocycles. The van der Waals surface area contributed by atoms with Gasteiger partial charge in [0, 0.05) is 31.2 Å². The van der Waals surface area contributed by atoms with Crippen molar-refractivity contribution in [1.29, 1.82) is 0 Å². The maximum Gasteiger partial charge on any atom is 0.299 e. The van der Waals surface area contributed by atoms with Crippen LogP contribution in [0, 0.1) is 13.8 Å². The molecule has 9 heteroatoms. The fourth-order valence-corrected chi connectivity index (χ4v) is 3.89. The third-order valence-corrected chi connectivity index (χ3v) is 5.35. The minimum Gasteiger partial charge on any atom is -0.378 e. The Morgan fingerprint density at radius 2 is 1.93 bits per heavy atom. The highest BCUT2D eigenvalue weighted by Crippen LogP contribution is 2.19. The fourth-order valence-electron chi connectivity index (χ4n) is 3.14. The van der Waals surface area contributed by atoms with E-state index in [9.17, 15) is 9.59 Å². The van der Waals surface area contributed by atoms with Crippen LogP contribution in [-0.2, 0) is 11.3 Å². The van der Waals surface area contributed by atoms with Gasteiger partial charge in [-0.3, -0.25) is 9.59 Å². The molecular weight excluding hydrogens is 376 g/mol. The van der Waals surface area contributed by atoms with Crippen LogP contribution in [0.3, 0.4) is 0 Å². The van der Waals surface area contributed by atoms with E-state index in [1.54, 1.807) is 4.57 Å². The van der Waals surface area contributed by atoms with Gasteiger partial charge in [-0.15, -0.1) is 0 Å². The van der Waals surface area contributed by atoms with Crippen molar-refractivity contribution in [1.82, 2.24) is 19.2 Å². The van der Waals surface area contributed by atoms with Crippen LogP contribution in [0.4, 0.5) is 11.4 Å². The number of rotatable bonds is 4. The highest BCUT2D eigenvalue weighted by Gasteiger charge is 2.17. The number of nitrogens with one attached hydrogen (secondary N) is 1. The van der Waals surface area contributed by atoms with Crippen molar-refractivity contribution in [2.24, 2.45) is 0 Å². The molecule has 0 radical (unpaired) electrons.